The Morgan fingerprint density at radius 1 is 1.07 bits per heavy atom. The lowest BCUT2D eigenvalue weighted by Crippen LogP contribution is -2.51. The molecule has 8 heteroatoms. The van der Waals surface area contributed by atoms with Gasteiger partial charge in [0.1, 0.15) is 5.60 Å². The number of carbonyl (C=O) groups excluding carboxylic acids is 2. The Hall–Kier alpha value is -1.28. The van der Waals surface area contributed by atoms with Crippen LogP contribution in [0.1, 0.15) is 46.5 Å². The molecule has 2 amide bonds. The highest BCUT2D eigenvalue weighted by Gasteiger charge is 2.35. The van der Waals surface area contributed by atoms with Gasteiger partial charge in [-0.25, -0.2) is 9.59 Å². The van der Waals surface area contributed by atoms with Gasteiger partial charge in [0.25, 0.3) is 0 Å². The van der Waals surface area contributed by atoms with Crippen molar-refractivity contribution in [2.75, 3.05) is 19.7 Å². The van der Waals surface area contributed by atoms with E-state index in [0.29, 0.717) is 19.7 Å². The molecule has 0 unspecified atom stereocenters. The second-order valence-electron chi connectivity index (χ2n) is 10.2. The summed E-state index contributed by atoms with van der Waals surface area (Å²) in [5, 5.41) is 2.88. The molecule has 2 aliphatic rings. The van der Waals surface area contributed by atoms with Gasteiger partial charge in [0.15, 0.2) is 0 Å². The van der Waals surface area contributed by atoms with Crippen LogP contribution in [0.2, 0.25) is 25.7 Å². The van der Waals surface area contributed by atoms with Gasteiger partial charge < -0.3 is 24.4 Å². The van der Waals surface area contributed by atoms with Crippen LogP contribution in [0.3, 0.4) is 0 Å². The first kappa shape index (κ1) is 23.0. The third kappa shape index (κ3) is 8.39. The van der Waals surface area contributed by atoms with Gasteiger partial charge in [0, 0.05) is 27.2 Å². The molecule has 1 aliphatic carbocycles. The third-order valence-electron chi connectivity index (χ3n) is 4.98. The van der Waals surface area contributed by atoms with E-state index in [-0.39, 0.29) is 30.4 Å². The van der Waals surface area contributed by atoms with Crippen LogP contribution in [0, 0.1) is 0 Å². The van der Waals surface area contributed by atoms with Crippen molar-refractivity contribution >= 4 is 20.3 Å². The molecule has 0 aromatic carbocycles. The number of rotatable bonds is 6. The lowest BCUT2D eigenvalue weighted by Gasteiger charge is -2.40. The van der Waals surface area contributed by atoms with E-state index in [1.165, 1.54) is 0 Å². The standard InChI is InChI=1S/C20H38N2O5Si/c1-20(2,3)27-18(23)21-15-13-17(14-15)26-16-7-9-22(10-8-16)19(24)25-11-12-28(4,5)6/h15-17H,7-14H2,1-6H3,(H,21,23). The van der Waals surface area contributed by atoms with Gasteiger partial charge in [0.05, 0.1) is 18.8 Å². The van der Waals surface area contributed by atoms with Gasteiger partial charge in [-0.2, -0.15) is 0 Å². The molecule has 0 aromatic rings. The molecule has 2 fully saturated rings. The fraction of sp³-hybridized carbons (Fsp3) is 0.900. The van der Waals surface area contributed by atoms with Gasteiger partial charge in [0.2, 0.25) is 0 Å². The summed E-state index contributed by atoms with van der Waals surface area (Å²) < 4.78 is 16.8. The Morgan fingerprint density at radius 3 is 2.21 bits per heavy atom. The quantitative estimate of drug-likeness (QED) is 0.665. The minimum absolute atomic E-state index is 0.126. The smallest absolute Gasteiger partial charge is 0.409 e. The molecule has 0 aromatic heterocycles. The summed E-state index contributed by atoms with van der Waals surface area (Å²) >= 11 is 0. The topological polar surface area (TPSA) is 77.1 Å². The molecule has 0 atom stereocenters. The molecule has 1 N–H and O–H groups in total. The summed E-state index contributed by atoms with van der Waals surface area (Å²) in [7, 11) is -1.18. The largest absolute Gasteiger partial charge is 0.450 e. The van der Waals surface area contributed by atoms with Crippen molar-refractivity contribution in [3.8, 4) is 0 Å². The van der Waals surface area contributed by atoms with E-state index in [4.69, 9.17) is 14.2 Å². The zero-order valence-corrected chi connectivity index (χ0v) is 19.4. The van der Waals surface area contributed by atoms with E-state index >= 15 is 0 Å². The normalized spacial score (nSPS) is 23.7. The SMILES string of the molecule is CC(C)(C)OC(=O)NC1CC(OC2CCN(C(=O)OCC[Si](C)(C)C)CC2)C1. The fourth-order valence-electron chi connectivity index (χ4n) is 3.25. The fourth-order valence-corrected chi connectivity index (χ4v) is 3.97. The maximum atomic E-state index is 12.2. The molecule has 0 radical (unpaired) electrons. The van der Waals surface area contributed by atoms with Crippen LogP contribution in [0.25, 0.3) is 0 Å². The van der Waals surface area contributed by atoms with Crippen molar-refractivity contribution < 1.29 is 23.8 Å². The second kappa shape index (κ2) is 9.48. The minimum atomic E-state index is -1.18. The van der Waals surface area contributed by atoms with Crippen LogP contribution in [-0.4, -0.2) is 68.7 Å². The van der Waals surface area contributed by atoms with Gasteiger partial charge >= 0.3 is 12.2 Å². The third-order valence-corrected chi connectivity index (χ3v) is 6.68. The summed E-state index contributed by atoms with van der Waals surface area (Å²) in [4.78, 5) is 25.7. The highest BCUT2D eigenvalue weighted by molar-refractivity contribution is 6.76. The monoisotopic (exact) mass is 414 g/mol. The van der Waals surface area contributed by atoms with Crippen LogP contribution < -0.4 is 5.32 Å². The number of nitrogens with zero attached hydrogens (tertiary/aromatic N) is 1. The zero-order chi connectivity index (χ0) is 20.9. The van der Waals surface area contributed by atoms with E-state index in [0.717, 1.165) is 31.7 Å². The zero-order valence-electron chi connectivity index (χ0n) is 18.4. The lowest BCUT2D eigenvalue weighted by molar-refractivity contribution is -0.0826. The van der Waals surface area contributed by atoms with Crippen LogP contribution in [-0.2, 0) is 14.2 Å². The number of nitrogens with one attached hydrogen (secondary N) is 1. The Bertz CT molecular complexity index is 530. The molecule has 7 nitrogen and oxygen atoms in total. The summed E-state index contributed by atoms with van der Waals surface area (Å²) in [6, 6.07) is 1.12. The Labute approximate surface area is 170 Å². The Kier molecular flexibility index (Phi) is 7.78. The highest BCUT2D eigenvalue weighted by Crippen LogP contribution is 2.28. The van der Waals surface area contributed by atoms with Gasteiger partial charge in [-0.05, 0) is 52.5 Å². The van der Waals surface area contributed by atoms with Gasteiger partial charge in [-0.1, -0.05) is 19.6 Å². The Morgan fingerprint density at radius 2 is 1.68 bits per heavy atom. The summed E-state index contributed by atoms with van der Waals surface area (Å²) in [6.07, 6.45) is 3.11. The number of likely N-dealkylation sites (tertiary alicyclic amines) is 1. The number of alkyl carbamates (subject to hydrolysis) is 1. The van der Waals surface area contributed by atoms with Crippen molar-refractivity contribution in [3.63, 3.8) is 0 Å². The Balaban J connectivity index is 1.57. The first-order valence-corrected chi connectivity index (χ1v) is 14.2. The summed E-state index contributed by atoms with van der Waals surface area (Å²) in [5.74, 6) is 0. The minimum Gasteiger partial charge on any atom is -0.450 e. The molecule has 0 spiro atoms. The van der Waals surface area contributed by atoms with Crippen LogP contribution in [0.5, 0.6) is 0 Å². The molecule has 1 saturated carbocycles. The van der Waals surface area contributed by atoms with E-state index < -0.39 is 13.7 Å². The average Bonchev–Trinajstić information content (AvgIpc) is 2.50. The van der Waals surface area contributed by atoms with Crippen LogP contribution in [0.4, 0.5) is 9.59 Å². The van der Waals surface area contributed by atoms with Crippen molar-refractivity contribution in [2.24, 2.45) is 0 Å². The number of hydrogen-bond donors (Lipinski definition) is 1. The maximum absolute atomic E-state index is 12.2. The molecule has 1 aliphatic heterocycles. The molecule has 0 bridgehead atoms. The van der Waals surface area contributed by atoms with E-state index in [1.807, 2.05) is 20.8 Å². The molecule has 28 heavy (non-hydrogen) atoms. The molecule has 2 rings (SSSR count). The van der Waals surface area contributed by atoms with Crippen molar-refractivity contribution in [2.45, 2.75) is 96.0 Å². The number of carbonyl (C=O) groups is 2. The molecule has 1 heterocycles. The average molecular weight is 415 g/mol. The second-order valence-corrected chi connectivity index (χ2v) is 15.8. The first-order chi connectivity index (χ1) is 12.9. The van der Waals surface area contributed by atoms with Crippen LogP contribution in [0.15, 0.2) is 0 Å². The molecular weight excluding hydrogens is 376 g/mol. The highest BCUT2D eigenvalue weighted by atomic mass is 28.3. The summed E-state index contributed by atoms with van der Waals surface area (Å²) in [5.41, 5.74) is -0.479. The van der Waals surface area contributed by atoms with E-state index in [9.17, 15) is 9.59 Å². The van der Waals surface area contributed by atoms with Crippen molar-refractivity contribution in [1.29, 1.82) is 0 Å². The number of hydrogen-bond acceptors (Lipinski definition) is 5. The summed E-state index contributed by atoms with van der Waals surface area (Å²) in [6.45, 7) is 14.3. The van der Waals surface area contributed by atoms with Crippen molar-refractivity contribution in [1.82, 2.24) is 10.2 Å². The van der Waals surface area contributed by atoms with Crippen LogP contribution >= 0.6 is 0 Å². The predicted molar refractivity (Wildman–Crippen MR) is 111 cm³/mol. The molecular formula is C20H38N2O5Si. The van der Waals surface area contributed by atoms with E-state index in [2.05, 4.69) is 25.0 Å². The molecule has 162 valence electrons. The number of ether oxygens (including phenoxy) is 3. The first-order valence-electron chi connectivity index (χ1n) is 10.5. The van der Waals surface area contributed by atoms with E-state index in [1.54, 1.807) is 4.90 Å². The number of piperidine rings is 1. The molecule has 1 saturated heterocycles. The predicted octanol–water partition coefficient (Wildman–Crippen LogP) is 4.00. The van der Waals surface area contributed by atoms with Crippen molar-refractivity contribution in [3.05, 3.63) is 0 Å². The van der Waals surface area contributed by atoms with Gasteiger partial charge in [-0.15, -0.1) is 0 Å². The van der Waals surface area contributed by atoms with Gasteiger partial charge in [-0.3, -0.25) is 0 Å². The maximum Gasteiger partial charge on any atom is 0.409 e. The number of amides is 2. The lowest BCUT2D eigenvalue weighted by atomic mass is 9.89.